The van der Waals surface area contributed by atoms with Gasteiger partial charge in [0.25, 0.3) is 0 Å². The molecule has 2 nitrogen and oxygen atoms in total. The summed E-state index contributed by atoms with van der Waals surface area (Å²) in [6.07, 6.45) is 0. The summed E-state index contributed by atoms with van der Waals surface area (Å²) in [5.74, 6) is 0. The molecule has 0 saturated heterocycles. The van der Waals surface area contributed by atoms with Gasteiger partial charge in [-0.05, 0) is 11.1 Å². The fourth-order valence-corrected chi connectivity index (χ4v) is 5.63. The zero-order valence-corrected chi connectivity index (χ0v) is 13.8. The van der Waals surface area contributed by atoms with E-state index in [9.17, 15) is 0 Å². The molecule has 1 heterocycles. The van der Waals surface area contributed by atoms with Gasteiger partial charge in [-0.15, -0.1) is 23.2 Å². The number of fused-ring (bicyclic) bond motifs is 4. The van der Waals surface area contributed by atoms with Gasteiger partial charge in [0.15, 0.2) is 16.7 Å². The van der Waals surface area contributed by atoms with Crippen LogP contribution in [0.2, 0.25) is 0 Å². The highest BCUT2D eigenvalue weighted by molar-refractivity contribution is 7.89. The van der Waals surface area contributed by atoms with E-state index >= 15 is 0 Å². The summed E-state index contributed by atoms with van der Waals surface area (Å²) in [6, 6.07) is 0. The lowest BCUT2D eigenvalue weighted by molar-refractivity contribution is 0.329. The second-order valence-electron chi connectivity index (χ2n) is 4.07. The second-order valence-corrected chi connectivity index (χ2v) is 7.89. The standard InChI is InChI=1S/C9H4Cl6O2S/c10-5-6(11)8(13)4-2-17-18-16-1-3(4)7(5,12)9(8,14)15/h1-2H2. The van der Waals surface area contributed by atoms with E-state index in [-0.39, 0.29) is 23.3 Å². The zero-order valence-electron chi connectivity index (χ0n) is 8.41. The number of alkyl halides is 4. The van der Waals surface area contributed by atoms with E-state index in [4.69, 9.17) is 78.0 Å². The number of rotatable bonds is 0. The van der Waals surface area contributed by atoms with Crippen molar-refractivity contribution in [1.82, 2.24) is 0 Å². The summed E-state index contributed by atoms with van der Waals surface area (Å²) >= 11 is 39.0. The molecule has 100 valence electrons. The Hall–Kier alpha value is 1.49. The van der Waals surface area contributed by atoms with Gasteiger partial charge in [-0.3, -0.25) is 8.37 Å². The molecule has 0 radical (unpaired) electrons. The summed E-state index contributed by atoms with van der Waals surface area (Å²) in [6.45, 7) is 0.332. The van der Waals surface area contributed by atoms with Crippen molar-refractivity contribution >= 4 is 81.9 Å². The molecule has 18 heavy (non-hydrogen) atoms. The maximum Gasteiger partial charge on any atom is 0.174 e. The number of allylic oxidation sites excluding steroid dienone is 2. The fraction of sp³-hybridized carbons (Fsp3) is 0.556. The summed E-state index contributed by atoms with van der Waals surface area (Å²) in [5.41, 5.74) is 1.23. The van der Waals surface area contributed by atoms with Crippen LogP contribution in [0, 0.1) is 0 Å². The van der Waals surface area contributed by atoms with Gasteiger partial charge in [0.1, 0.15) is 9.75 Å². The van der Waals surface area contributed by atoms with Crippen LogP contribution in [-0.2, 0) is 8.37 Å². The molecule has 0 saturated carbocycles. The van der Waals surface area contributed by atoms with Crippen LogP contribution in [-0.4, -0.2) is 27.3 Å². The predicted molar refractivity (Wildman–Crippen MR) is 76.9 cm³/mol. The van der Waals surface area contributed by atoms with E-state index in [1.165, 1.54) is 0 Å². The van der Waals surface area contributed by atoms with Crippen molar-refractivity contribution in [3.05, 3.63) is 21.2 Å². The average molecular weight is 389 g/mol. The van der Waals surface area contributed by atoms with E-state index in [0.29, 0.717) is 11.1 Å². The maximum absolute atomic E-state index is 6.54. The van der Waals surface area contributed by atoms with Gasteiger partial charge in [-0.25, -0.2) is 0 Å². The minimum atomic E-state index is -1.59. The molecule has 0 aromatic rings. The van der Waals surface area contributed by atoms with Crippen molar-refractivity contribution in [2.75, 3.05) is 13.2 Å². The number of hydrogen-bond donors (Lipinski definition) is 0. The van der Waals surface area contributed by atoms with Gasteiger partial charge in [-0.2, -0.15) is 0 Å². The molecule has 2 unspecified atom stereocenters. The molecule has 0 N–H and O–H groups in total. The smallest absolute Gasteiger partial charge is 0.174 e. The van der Waals surface area contributed by atoms with E-state index in [2.05, 4.69) is 0 Å². The van der Waals surface area contributed by atoms with Crippen molar-refractivity contribution in [3.8, 4) is 0 Å². The Kier molecular flexibility index (Phi) is 3.40. The summed E-state index contributed by atoms with van der Waals surface area (Å²) in [5, 5.41) is 0.278. The van der Waals surface area contributed by atoms with Crippen LogP contribution in [0.4, 0.5) is 0 Å². The van der Waals surface area contributed by atoms with Crippen LogP contribution in [0.15, 0.2) is 21.2 Å². The Labute approximate surface area is 138 Å². The molecule has 0 aromatic heterocycles. The first-order chi connectivity index (χ1) is 8.29. The summed E-state index contributed by atoms with van der Waals surface area (Å²) in [4.78, 5) is -2.75. The fourth-order valence-electron chi connectivity index (χ4n) is 2.45. The quantitative estimate of drug-likeness (QED) is 0.339. The topological polar surface area (TPSA) is 18.5 Å². The minimum Gasteiger partial charge on any atom is -0.287 e. The Morgan fingerprint density at radius 1 is 0.833 bits per heavy atom. The largest absolute Gasteiger partial charge is 0.287 e. The Balaban J connectivity index is 2.28. The molecule has 2 aliphatic carbocycles. The molecule has 9 heteroatoms. The van der Waals surface area contributed by atoms with E-state index in [0.717, 1.165) is 12.3 Å². The third kappa shape index (κ3) is 1.34. The van der Waals surface area contributed by atoms with Gasteiger partial charge in [0.2, 0.25) is 0 Å². The molecule has 0 spiro atoms. The molecule has 0 aromatic carbocycles. The van der Waals surface area contributed by atoms with Crippen LogP contribution < -0.4 is 0 Å². The lowest BCUT2D eigenvalue weighted by Gasteiger charge is -2.33. The Morgan fingerprint density at radius 2 is 1.22 bits per heavy atom. The third-order valence-electron chi connectivity index (χ3n) is 3.36. The first-order valence-electron chi connectivity index (χ1n) is 4.75. The molecular formula is C9H4Cl6O2S. The van der Waals surface area contributed by atoms with Crippen LogP contribution in [0.3, 0.4) is 0 Å². The highest BCUT2D eigenvalue weighted by Gasteiger charge is 2.78. The van der Waals surface area contributed by atoms with Crippen molar-refractivity contribution in [2.45, 2.75) is 14.1 Å². The SMILES string of the molecule is ClC1=C(Cl)C2(Cl)C3=C(COSOC3)C1(Cl)C2(Cl)Cl. The predicted octanol–water partition coefficient (Wildman–Crippen LogP) is 4.74. The van der Waals surface area contributed by atoms with Gasteiger partial charge < -0.3 is 0 Å². The second kappa shape index (κ2) is 4.25. The highest BCUT2D eigenvalue weighted by Crippen LogP contribution is 2.74. The lowest BCUT2D eigenvalue weighted by Crippen LogP contribution is -2.46. The van der Waals surface area contributed by atoms with Crippen LogP contribution in [0.5, 0.6) is 0 Å². The normalized spacial score (nSPS) is 42.3. The van der Waals surface area contributed by atoms with Crippen molar-refractivity contribution in [3.63, 3.8) is 0 Å². The van der Waals surface area contributed by atoms with E-state index in [1.807, 2.05) is 0 Å². The number of hydrogen-bond acceptors (Lipinski definition) is 3. The van der Waals surface area contributed by atoms with Crippen molar-refractivity contribution in [2.24, 2.45) is 0 Å². The summed E-state index contributed by atoms with van der Waals surface area (Å²) in [7, 11) is 0. The van der Waals surface area contributed by atoms with Crippen LogP contribution in [0.25, 0.3) is 0 Å². The molecule has 0 amide bonds. The molecular weight excluding hydrogens is 385 g/mol. The molecule has 1 aliphatic heterocycles. The maximum atomic E-state index is 6.54. The third-order valence-corrected chi connectivity index (χ3v) is 7.95. The molecule has 2 atom stereocenters. The average Bonchev–Trinajstić information content (AvgIpc) is 2.60. The van der Waals surface area contributed by atoms with Crippen LogP contribution >= 0.6 is 81.9 Å². The first-order valence-corrected chi connectivity index (χ1v) is 7.69. The minimum absolute atomic E-state index is 0.139. The molecule has 0 fully saturated rings. The van der Waals surface area contributed by atoms with Gasteiger partial charge in [0, 0.05) is 0 Å². The van der Waals surface area contributed by atoms with E-state index < -0.39 is 14.1 Å². The molecule has 3 rings (SSSR count). The number of halogens is 6. The van der Waals surface area contributed by atoms with Crippen LogP contribution in [0.1, 0.15) is 0 Å². The first kappa shape index (κ1) is 14.4. The van der Waals surface area contributed by atoms with Crippen molar-refractivity contribution in [1.29, 1.82) is 0 Å². The van der Waals surface area contributed by atoms with Gasteiger partial charge >= 0.3 is 0 Å². The van der Waals surface area contributed by atoms with Gasteiger partial charge in [0.05, 0.1) is 23.3 Å². The Morgan fingerprint density at radius 3 is 1.61 bits per heavy atom. The Bertz CT molecular complexity index is 463. The van der Waals surface area contributed by atoms with Crippen molar-refractivity contribution < 1.29 is 8.37 Å². The molecule has 3 aliphatic rings. The molecule has 2 bridgehead atoms. The zero-order chi connectivity index (χ0) is 13.3. The lowest BCUT2D eigenvalue weighted by atomic mass is 9.97. The summed E-state index contributed by atoms with van der Waals surface area (Å²) < 4.78 is 8.81. The van der Waals surface area contributed by atoms with Gasteiger partial charge in [-0.1, -0.05) is 46.4 Å². The monoisotopic (exact) mass is 386 g/mol. The van der Waals surface area contributed by atoms with E-state index in [1.54, 1.807) is 0 Å². The highest BCUT2D eigenvalue weighted by atomic mass is 35.5.